The Morgan fingerprint density at radius 3 is 2.56 bits per heavy atom. The second-order valence-electron chi connectivity index (χ2n) is 18.5. The van der Waals surface area contributed by atoms with Crippen LogP contribution >= 0.6 is 27.7 Å². The zero-order chi connectivity index (χ0) is 43.9. The maximum atomic E-state index is 14.0. The molecule has 5 heterocycles. The number of benzene rings is 2. The number of nitro groups is 1. The van der Waals surface area contributed by atoms with E-state index in [1.165, 1.54) is 22.9 Å². The van der Waals surface area contributed by atoms with Crippen molar-refractivity contribution in [2.75, 3.05) is 47.9 Å². The molecule has 4 aliphatic rings. The van der Waals surface area contributed by atoms with Crippen LogP contribution in [0, 0.1) is 26.9 Å². The Morgan fingerprint density at radius 2 is 1.79 bits per heavy atom. The minimum atomic E-state index is -4.60. The van der Waals surface area contributed by atoms with Crippen LogP contribution in [0.5, 0.6) is 11.5 Å². The van der Waals surface area contributed by atoms with Crippen LogP contribution in [0.2, 0.25) is 0 Å². The number of hydrogen-bond acceptors (Lipinski definition) is 12. The monoisotopic (exact) mass is 956 g/mol. The Kier molecular flexibility index (Phi) is 12.2. The van der Waals surface area contributed by atoms with Gasteiger partial charge in [-0.15, -0.1) is 0 Å². The van der Waals surface area contributed by atoms with Gasteiger partial charge in [0, 0.05) is 83.6 Å². The number of sulfonamides is 1. The van der Waals surface area contributed by atoms with Gasteiger partial charge in [-0.25, -0.2) is 23.1 Å². The number of aromatic amines is 1. The fourth-order valence-electron chi connectivity index (χ4n) is 9.97. The van der Waals surface area contributed by atoms with Crippen molar-refractivity contribution in [3.8, 4) is 11.5 Å². The molecule has 0 radical (unpaired) electrons. The molecule has 63 heavy (non-hydrogen) atoms. The number of rotatable bonds is 12. The van der Waals surface area contributed by atoms with Crippen LogP contribution < -0.4 is 19.7 Å². The summed E-state index contributed by atoms with van der Waals surface area (Å²) >= 11 is 5.84. The van der Waals surface area contributed by atoms with Crippen LogP contribution in [0.15, 0.2) is 88.6 Å². The number of nitrogens with zero attached hydrogens (tertiary/aromatic N) is 5. The molecular formula is C46H53BrN8O6S2. The molecule has 5 aromatic rings. The first-order chi connectivity index (χ1) is 30.2. The normalized spacial score (nSPS) is 20.6. The first-order valence-corrected chi connectivity index (χ1v) is 25.2. The van der Waals surface area contributed by atoms with E-state index in [2.05, 4.69) is 88.8 Å². The topological polar surface area (TPSA) is 176 Å². The maximum absolute atomic E-state index is 14.0. The van der Waals surface area contributed by atoms with Crippen LogP contribution in [0.3, 0.4) is 0 Å². The lowest BCUT2D eigenvalue weighted by Crippen LogP contribution is -2.57. The average Bonchev–Trinajstić information content (AvgIpc) is 3.73. The van der Waals surface area contributed by atoms with Gasteiger partial charge >= 0.3 is 5.69 Å². The number of halogens is 1. The van der Waals surface area contributed by atoms with E-state index in [0.29, 0.717) is 41.4 Å². The summed E-state index contributed by atoms with van der Waals surface area (Å²) in [6, 6.07) is 19.3. The Morgan fingerprint density at radius 1 is 1.02 bits per heavy atom. The molecule has 2 saturated carbocycles. The number of hydrogen-bond donors (Lipinski definition) is 3. The smallest absolute Gasteiger partial charge is 0.312 e. The number of anilines is 2. The lowest BCUT2D eigenvalue weighted by molar-refractivity contribution is -0.384. The van der Waals surface area contributed by atoms with Gasteiger partial charge in [0.25, 0.3) is 15.9 Å². The molecule has 2 aliphatic heterocycles. The summed E-state index contributed by atoms with van der Waals surface area (Å²) in [4.78, 5) is 41.6. The first kappa shape index (κ1) is 43.5. The van der Waals surface area contributed by atoms with Gasteiger partial charge in [-0.3, -0.25) is 19.8 Å². The second-order valence-corrected chi connectivity index (χ2v) is 22.2. The zero-order valence-corrected chi connectivity index (χ0v) is 38.7. The molecule has 3 aromatic heterocycles. The number of carbonyl (C=O) groups is 1. The largest absolute Gasteiger partial charge is 0.455 e. The molecule has 1 atom stereocenters. The first-order valence-electron chi connectivity index (χ1n) is 21.8. The Labute approximate surface area is 380 Å². The number of fused-ring (bicyclic) bond motifs is 1. The number of nitrogens with one attached hydrogen (secondary N) is 3. The molecule has 2 aromatic carbocycles. The van der Waals surface area contributed by atoms with E-state index in [1.807, 2.05) is 23.9 Å². The molecule has 2 aliphatic carbocycles. The number of aromatic nitrogens is 3. The van der Waals surface area contributed by atoms with Crippen LogP contribution in [-0.2, 0) is 10.0 Å². The number of H-pyrrole nitrogens is 1. The minimum absolute atomic E-state index is 0.0126. The third-order valence-electron chi connectivity index (χ3n) is 13.8. The Balaban J connectivity index is 0.899. The lowest BCUT2D eigenvalue weighted by Gasteiger charge is -2.57. The number of pyridine rings is 2. The summed E-state index contributed by atoms with van der Waals surface area (Å²) in [5.41, 5.74) is 2.95. The number of thioether (sulfide) groups is 1. The molecule has 0 unspecified atom stereocenters. The van der Waals surface area contributed by atoms with E-state index in [-0.39, 0.29) is 22.5 Å². The fraction of sp³-hybridized carbons (Fsp3) is 0.457. The van der Waals surface area contributed by atoms with E-state index in [0.717, 1.165) is 93.0 Å². The van der Waals surface area contributed by atoms with Crippen LogP contribution in [-0.4, -0.2) is 82.8 Å². The molecular weight excluding hydrogens is 905 g/mol. The van der Waals surface area contributed by atoms with Gasteiger partial charge in [0.15, 0.2) is 0 Å². The molecule has 2 saturated heterocycles. The van der Waals surface area contributed by atoms with Crippen molar-refractivity contribution in [1.29, 1.82) is 0 Å². The molecule has 332 valence electrons. The van der Waals surface area contributed by atoms with Crippen molar-refractivity contribution in [3.63, 3.8) is 0 Å². The molecule has 17 heteroatoms. The average molecular weight is 958 g/mol. The zero-order valence-electron chi connectivity index (χ0n) is 35.5. The second kappa shape index (κ2) is 17.7. The summed E-state index contributed by atoms with van der Waals surface area (Å²) in [5.74, 6) is 2.13. The van der Waals surface area contributed by atoms with Gasteiger partial charge in [0.1, 0.15) is 22.0 Å². The van der Waals surface area contributed by atoms with Crippen molar-refractivity contribution >= 4 is 71.8 Å². The third-order valence-corrected chi connectivity index (χ3v) is 16.9. The summed E-state index contributed by atoms with van der Waals surface area (Å²) in [6.07, 6.45) is 12.9. The van der Waals surface area contributed by atoms with E-state index >= 15 is 0 Å². The van der Waals surface area contributed by atoms with Crippen LogP contribution in [0.1, 0.15) is 87.2 Å². The fourth-order valence-corrected chi connectivity index (χ4v) is 12.5. The molecule has 1 spiro atoms. The van der Waals surface area contributed by atoms with Gasteiger partial charge in [-0.05, 0) is 104 Å². The SMILES string of the molecule is CC1(C)CCC(CNc2ncc(S(=O)(=O)NC(=O)c3ccc(N4CCC5(CC4)CC(N4CCSC[C@@H]4c4ccccc4Br)C5)cc3Oc3cnc4[nH]ccc4c3)cc2[N+](=O)[O-])CC1. The summed E-state index contributed by atoms with van der Waals surface area (Å²) in [5, 5.41) is 16.0. The Bertz CT molecular complexity index is 2620. The van der Waals surface area contributed by atoms with E-state index in [4.69, 9.17) is 4.74 Å². The summed E-state index contributed by atoms with van der Waals surface area (Å²) < 4.78 is 37.1. The quantitative estimate of drug-likeness (QED) is 0.0799. The van der Waals surface area contributed by atoms with Crippen LogP contribution in [0.4, 0.5) is 17.2 Å². The van der Waals surface area contributed by atoms with Gasteiger partial charge in [0.2, 0.25) is 5.82 Å². The maximum Gasteiger partial charge on any atom is 0.312 e. The number of amides is 1. The van der Waals surface area contributed by atoms with Gasteiger partial charge in [-0.1, -0.05) is 48.0 Å². The summed E-state index contributed by atoms with van der Waals surface area (Å²) in [6.45, 7) is 7.74. The van der Waals surface area contributed by atoms with E-state index < -0.39 is 31.4 Å². The number of piperidine rings is 1. The third kappa shape index (κ3) is 9.43. The number of ether oxygens (including phenoxy) is 1. The number of carbonyl (C=O) groups excluding carboxylic acids is 1. The highest BCUT2D eigenvalue weighted by Crippen LogP contribution is 2.54. The van der Waals surface area contributed by atoms with Gasteiger partial charge in [0.05, 0.1) is 22.9 Å². The molecule has 4 fully saturated rings. The highest BCUT2D eigenvalue weighted by atomic mass is 79.9. The van der Waals surface area contributed by atoms with E-state index in [9.17, 15) is 23.3 Å². The molecule has 0 bridgehead atoms. The molecule has 1 amide bonds. The minimum Gasteiger partial charge on any atom is -0.455 e. The summed E-state index contributed by atoms with van der Waals surface area (Å²) in [7, 11) is -4.60. The highest BCUT2D eigenvalue weighted by molar-refractivity contribution is 9.10. The molecule has 14 nitrogen and oxygen atoms in total. The van der Waals surface area contributed by atoms with Crippen molar-refractivity contribution in [3.05, 3.63) is 105 Å². The molecule has 3 N–H and O–H groups in total. The van der Waals surface area contributed by atoms with Crippen molar-refractivity contribution in [1.82, 2.24) is 24.6 Å². The van der Waals surface area contributed by atoms with Crippen molar-refractivity contribution in [2.24, 2.45) is 16.7 Å². The Hall–Kier alpha value is -4.71. The van der Waals surface area contributed by atoms with Crippen molar-refractivity contribution < 1.29 is 22.9 Å². The van der Waals surface area contributed by atoms with Gasteiger partial charge < -0.3 is 19.9 Å². The van der Waals surface area contributed by atoms with E-state index in [1.54, 1.807) is 30.6 Å². The highest BCUT2D eigenvalue weighted by Gasteiger charge is 2.49. The molecule has 9 rings (SSSR count). The van der Waals surface area contributed by atoms with Crippen molar-refractivity contribution in [2.45, 2.75) is 82.2 Å². The van der Waals surface area contributed by atoms with Crippen LogP contribution in [0.25, 0.3) is 11.0 Å². The predicted octanol–water partition coefficient (Wildman–Crippen LogP) is 9.71. The standard InChI is InChI=1S/C46H53BrN8O6S2/c1-45(2)12-9-30(10-13-45)26-49-43-39(55(57)58)23-35(28-51-43)63(59,60)52-44(56)37-8-7-32(22-41(37)61-34-21-31-11-16-48-42(31)50-27-34)53-17-14-46(15-18-53)24-33(25-46)54-19-20-62-29-40(54)36-5-3-4-6-38(36)47/h3-8,11,16,21-23,27-28,30,33,40H,9-10,12-15,17-20,24-26,29H2,1-2H3,(H,48,50)(H,49,51)(H,52,56)/t40-/m1/s1. The lowest BCUT2D eigenvalue weighted by atomic mass is 9.59. The van der Waals surface area contributed by atoms with Gasteiger partial charge in [-0.2, -0.15) is 11.8 Å². The predicted molar refractivity (Wildman–Crippen MR) is 250 cm³/mol.